The maximum absolute atomic E-state index is 13.4. The summed E-state index contributed by atoms with van der Waals surface area (Å²) in [6.07, 6.45) is -2.48. The van der Waals surface area contributed by atoms with Gasteiger partial charge >= 0.3 is 6.18 Å². The minimum atomic E-state index is -4.55. The summed E-state index contributed by atoms with van der Waals surface area (Å²) in [6, 6.07) is 16.6. The van der Waals surface area contributed by atoms with Gasteiger partial charge in [-0.3, -0.25) is 14.5 Å². The van der Waals surface area contributed by atoms with Gasteiger partial charge in [0.25, 0.3) is 5.56 Å². The second-order valence-electron chi connectivity index (χ2n) is 8.81. The Kier molecular flexibility index (Phi) is 5.31. The molecule has 0 spiro atoms. The molecule has 0 aliphatic heterocycles. The molecular formula is C26H22F3N3O2. The molecule has 0 fully saturated rings. The van der Waals surface area contributed by atoms with Crippen molar-refractivity contribution in [3.8, 4) is 22.5 Å². The van der Waals surface area contributed by atoms with E-state index in [4.69, 9.17) is 4.42 Å². The van der Waals surface area contributed by atoms with Crippen LogP contribution in [-0.4, -0.2) is 20.9 Å². The average Bonchev–Trinajstić information content (AvgIpc) is 3.45. The number of rotatable bonds is 5. The third-order valence-electron chi connectivity index (χ3n) is 5.78. The van der Waals surface area contributed by atoms with E-state index in [1.54, 1.807) is 12.1 Å². The molecule has 0 bridgehead atoms. The number of pyridine rings is 1. The van der Waals surface area contributed by atoms with Crippen LogP contribution in [-0.2, 0) is 13.0 Å². The highest BCUT2D eigenvalue weighted by atomic mass is 19.4. The van der Waals surface area contributed by atoms with Gasteiger partial charge in [-0.1, -0.05) is 50.2 Å². The van der Waals surface area contributed by atoms with E-state index < -0.39 is 18.3 Å². The zero-order chi connectivity index (χ0) is 24.0. The predicted octanol–water partition coefficient (Wildman–Crippen LogP) is 6.57. The summed E-state index contributed by atoms with van der Waals surface area (Å²) < 4.78 is 47.0. The molecule has 8 heteroatoms. The Morgan fingerprint density at radius 1 is 1.03 bits per heavy atom. The fourth-order valence-corrected chi connectivity index (χ4v) is 4.36. The fourth-order valence-electron chi connectivity index (χ4n) is 4.36. The second kappa shape index (κ2) is 8.20. The minimum Gasteiger partial charge on any atom is -0.461 e. The normalized spacial score (nSPS) is 12.3. The number of H-pyrrole nitrogens is 1. The summed E-state index contributed by atoms with van der Waals surface area (Å²) in [5.74, 6) is 2.00. The number of nitrogens with zero attached hydrogens (tertiary/aromatic N) is 2. The van der Waals surface area contributed by atoms with Gasteiger partial charge in [0.2, 0.25) is 0 Å². The maximum atomic E-state index is 13.4. The van der Waals surface area contributed by atoms with Gasteiger partial charge in [0.1, 0.15) is 18.1 Å². The molecular weight excluding hydrogens is 443 g/mol. The number of aromatic amines is 1. The molecule has 5 aromatic rings. The molecule has 0 aliphatic carbocycles. The van der Waals surface area contributed by atoms with Crippen molar-refractivity contribution in [3.63, 3.8) is 0 Å². The molecule has 5 nitrogen and oxygen atoms in total. The monoisotopic (exact) mass is 465 g/mol. The third-order valence-corrected chi connectivity index (χ3v) is 5.78. The highest BCUT2D eigenvalue weighted by Crippen LogP contribution is 2.36. The number of fused-ring (bicyclic) bond motifs is 3. The largest absolute Gasteiger partial charge is 0.461 e. The van der Waals surface area contributed by atoms with E-state index in [1.807, 2.05) is 42.5 Å². The van der Waals surface area contributed by atoms with E-state index in [1.165, 1.54) is 6.20 Å². The Balaban J connectivity index is 1.71. The molecule has 0 radical (unpaired) electrons. The summed E-state index contributed by atoms with van der Waals surface area (Å²) in [5, 5.41) is 7.24. The van der Waals surface area contributed by atoms with E-state index in [0.29, 0.717) is 28.1 Å². The van der Waals surface area contributed by atoms with Crippen LogP contribution in [0.2, 0.25) is 0 Å². The van der Waals surface area contributed by atoms with Crippen molar-refractivity contribution >= 4 is 21.8 Å². The first-order chi connectivity index (χ1) is 16.2. The molecule has 3 heterocycles. The first-order valence-electron chi connectivity index (χ1n) is 11.0. The zero-order valence-electron chi connectivity index (χ0n) is 18.6. The first kappa shape index (κ1) is 22.0. The van der Waals surface area contributed by atoms with Crippen molar-refractivity contribution in [2.45, 2.75) is 33.0 Å². The van der Waals surface area contributed by atoms with E-state index in [-0.39, 0.29) is 10.9 Å². The molecule has 0 saturated carbocycles. The number of halogens is 3. The molecule has 0 saturated heterocycles. The standard InChI is InChI=1S/C26H22F3N3O2/c1-15(2)11-17-8-10-23(34-17)19-6-4-3-5-18(19)16-7-9-20-22(12-16)32(14-26(27,28)29)25(33)21-13-30-31-24(20)21/h3-10,12-13,15H,11,14H2,1-2H3,(H,30,31). The molecule has 0 aliphatic rings. The van der Waals surface area contributed by atoms with Gasteiger partial charge in [0.05, 0.1) is 22.6 Å². The van der Waals surface area contributed by atoms with Crippen molar-refractivity contribution in [2.24, 2.45) is 5.92 Å². The molecule has 2 aromatic carbocycles. The van der Waals surface area contributed by atoms with E-state index in [2.05, 4.69) is 24.0 Å². The van der Waals surface area contributed by atoms with Crippen molar-refractivity contribution in [3.05, 3.63) is 76.9 Å². The maximum Gasteiger partial charge on any atom is 0.406 e. The lowest BCUT2D eigenvalue weighted by Crippen LogP contribution is -2.28. The van der Waals surface area contributed by atoms with Gasteiger partial charge in [0, 0.05) is 17.4 Å². The van der Waals surface area contributed by atoms with Crippen LogP contribution in [0.1, 0.15) is 19.6 Å². The summed E-state index contributed by atoms with van der Waals surface area (Å²) in [4.78, 5) is 12.9. The third kappa shape index (κ3) is 4.00. The number of furan rings is 1. The lowest BCUT2D eigenvalue weighted by Gasteiger charge is -2.15. The van der Waals surface area contributed by atoms with Crippen LogP contribution in [0.3, 0.4) is 0 Å². The Morgan fingerprint density at radius 2 is 1.79 bits per heavy atom. The Labute approximate surface area is 192 Å². The van der Waals surface area contributed by atoms with E-state index in [9.17, 15) is 18.0 Å². The van der Waals surface area contributed by atoms with E-state index in [0.717, 1.165) is 27.9 Å². The SMILES string of the molecule is CC(C)Cc1ccc(-c2ccccc2-c2ccc3c4[nH]ncc4c(=O)n(CC(F)(F)F)c3c2)o1. The van der Waals surface area contributed by atoms with Gasteiger partial charge in [-0.15, -0.1) is 0 Å². The highest BCUT2D eigenvalue weighted by molar-refractivity contribution is 6.04. The quantitative estimate of drug-likeness (QED) is 0.319. The summed E-state index contributed by atoms with van der Waals surface area (Å²) in [5.41, 5.74) is 2.17. The smallest absolute Gasteiger partial charge is 0.406 e. The summed E-state index contributed by atoms with van der Waals surface area (Å²) in [7, 11) is 0. The number of hydrogen-bond donors (Lipinski definition) is 1. The van der Waals surface area contributed by atoms with Crippen molar-refractivity contribution in [2.75, 3.05) is 0 Å². The molecule has 174 valence electrons. The van der Waals surface area contributed by atoms with Crippen molar-refractivity contribution in [1.82, 2.24) is 14.8 Å². The van der Waals surface area contributed by atoms with Crippen LogP contribution in [0.15, 0.2) is 70.0 Å². The van der Waals surface area contributed by atoms with Crippen LogP contribution >= 0.6 is 0 Å². The van der Waals surface area contributed by atoms with Crippen LogP contribution in [0.25, 0.3) is 44.3 Å². The fraction of sp³-hybridized carbons (Fsp3) is 0.231. The molecule has 34 heavy (non-hydrogen) atoms. The molecule has 5 rings (SSSR count). The van der Waals surface area contributed by atoms with Gasteiger partial charge in [0.15, 0.2) is 0 Å². The lowest BCUT2D eigenvalue weighted by atomic mass is 9.96. The van der Waals surface area contributed by atoms with Gasteiger partial charge in [-0.05, 0) is 35.2 Å². The Morgan fingerprint density at radius 3 is 2.53 bits per heavy atom. The Bertz CT molecular complexity index is 1560. The van der Waals surface area contributed by atoms with Crippen LogP contribution in [0.5, 0.6) is 0 Å². The lowest BCUT2D eigenvalue weighted by molar-refractivity contribution is -0.140. The summed E-state index contributed by atoms with van der Waals surface area (Å²) >= 11 is 0. The van der Waals surface area contributed by atoms with Crippen LogP contribution in [0, 0.1) is 5.92 Å². The molecule has 3 aromatic heterocycles. The van der Waals surface area contributed by atoms with Gasteiger partial charge in [-0.2, -0.15) is 18.3 Å². The van der Waals surface area contributed by atoms with Crippen LogP contribution < -0.4 is 5.56 Å². The number of hydrogen-bond acceptors (Lipinski definition) is 3. The van der Waals surface area contributed by atoms with Gasteiger partial charge < -0.3 is 4.42 Å². The molecule has 0 unspecified atom stereocenters. The van der Waals surface area contributed by atoms with Crippen molar-refractivity contribution < 1.29 is 17.6 Å². The number of aromatic nitrogens is 3. The summed E-state index contributed by atoms with van der Waals surface area (Å²) in [6.45, 7) is 2.84. The number of nitrogens with one attached hydrogen (secondary N) is 1. The average molecular weight is 465 g/mol. The number of alkyl halides is 3. The molecule has 1 N–H and O–H groups in total. The van der Waals surface area contributed by atoms with Crippen molar-refractivity contribution in [1.29, 1.82) is 0 Å². The zero-order valence-corrected chi connectivity index (χ0v) is 18.6. The highest BCUT2D eigenvalue weighted by Gasteiger charge is 2.30. The van der Waals surface area contributed by atoms with Gasteiger partial charge in [-0.25, -0.2) is 0 Å². The number of benzene rings is 2. The molecule has 0 amide bonds. The Hall–Kier alpha value is -3.81. The first-order valence-corrected chi connectivity index (χ1v) is 11.0. The minimum absolute atomic E-state index is 0.123. The topological polar surface area (TPSA) is 63.8 Å². The van der Waals surface area contributed by atoms with E-state index >= 15 is 0 Å². The predicted molar refractivity (Wildman–Crippen MR) is 126 cm³/mol. The van der Waals surface area contributed by atoms with Crippen LogP contribution in [0.4, 0.5) is 13.2 Å². The second-order valence-corrected chi connectivity index (χ2v) is 8.81. The molecule has 0 atom stereocenters.